The molecule has 1 unspecified atom stereocenters. The molecule has 5 rings (SSSR count). The lowest BCUT2D eigenvalue weighted by Gasteiger charge is -2.21. The van der Waals surface area contributed by atoms with Crippen molar-refractivity contribution >= 4 is 6.08 Å². The number of rotatable bonds is 2. The van der Waals surface area contributed by atoms with Gasteiger partial charge in [0.15, 0.2) is 6.10 Å². The summed E-state index contributed by atoms with van der Waals surface area (Å²) < 4.78 is 13.8. The molecule has 0 N–H and O–H groups in total. The number of aromatic nitrogens is 2. The fourth-order valence-electron chi connectivity index (χ4n) is 3.25. The molecule has 2 aromatic carbocycles. The minimum atomic E-state index is -0.219. The van der Waals surface area contributed by atoms with Gasteiger partial charge in [-0.3, -0.25) is 0 Å². The molecule has 0 fully saturated rings. The third-order valence-electron chi connectivity index (χ3n) is 4.46. The summed E-state index contributed by atoms with van der Waals surface area (Å²) >= 11 is 0. The molecule has 0 spiro atoms. The number of fused-ring (bicyclic) bond motifs is 2. The summed E-state index contributed by atoms with van der Waals surface area (Å²) in [7, 11) is 0. The van der Waals surface area contributed by atoms with Gasteiger partial charge >= 0.3 is 0 Å². The van der Waals surface area contributed by atoms with Gasteiger partial charge in [0.05, 0.1) is 11.9 Å². The molecule has 3 aromatic rings. The molecule has 0 bridgehead atoms. The molecule has 4 nitrogen and oxygen atoms in total. The summed E-state index contributed by atoms with van der Waals surface area (Å²) in [6.07, 6.45) is 8.44. The first-order chi connectivity index (χ1) is 12.4. The van der Waals surface area contributed by atoms with Crippen LogP contribution in [0.1, 0.15) is 22.9 Å². The molecule has 0 radical (unpaired) electrons. The van der Waals surface area contributed by atoms with E-state index < -0.39 is 0 Å². The number of nitrogens with zero attached hydrogens (tertiary/aromatic N) is 2. The van der Waals surface area contributed by atoms with Gasteiger partial charge in [-0.05, 0) is 30.4 Å². The van der Waals surface area contributed by atoms with Gasteiger partial charge < -0.3 is 9.47 Å². The van der Waals surface area contributed by atoms with Crippen molar-refractivity contribution < 1.29 is 9.47 Å². The van der Waals surface area contributed by atoms with E-state index in [1.807, 2.05) is 65.4 Å². The van der Waals surface area contributed by atoms with Crippen LogP contribution in [0.3, 0.4) is 0 Å². The maximum Gasteiger partial charge on any atom is 0.225 e. The van der Waals surface area contributed by atoms with E-state index in [0.29, 0.717) is 0 Å². The lowest BCUT2D eigenvalue weighted by Crippen LogP contribution is -2.11. The van der Waals surface area contributed by atoms with Crippen molar-refractivity contribution in [3.05, 3.63) is 89.8 Å². The van der Waals surface area contributed by atoms with E-state index >= 15 is 0 Å². The van der Waals surface area contributed by atoms with E-state index in [1.54, 1.807) is 6.26 Å². The van der Waals surface area contributed by atoms with Gasteiger partial charge in [-0.1, -0.05) is 42.5 Å². The molecule has 0 amide bonds. The second-order valence-corrected chi connectivity index (χ2v) is 6.05. The third kappa shape index (κ3) is 2.34. The van der Waals surface area contributed by atoms with Crippen molar-refractivity contribution in [3.63, 3.8) is 0 Å². The van der Waals surface area contributed by atoms with Crippen LogP contribution in [-0.2, 0) is 6.42 Å². The van der Waals surface area contributed by atoms with Gasteiger partial charge in [-0.25, -0.2) is 4.68 Å². The molecule has 2 aliphatic heterocycles. The summed E-state index contributed by atoms with van der Waals surface area (Å²) in [6, 6.07) is 18.1. The van der Waals surface area contributed by atoms with Crippen molar-refractivity contribution in [1.29, 1.82) is 0 Å². The predicted octanol–water partition coefficient (Wildman–Crippen LogP) is 4.47. The quantitative estimate of drug-likeness (QED) is 0.696. The predicted molar refractivity (Wildman–Crippen MR) is 95.9 cm³/mol. The zero-order valence-electron chi connectivity index (χ0n) is 13.5. The van der Waals surface area contributed by atoms with Crippen LogP contribution in [0.2, 0.25) is 0 Å². The standard InChI is InChI=1S/C21H16N2O2/c1-2-8-16(9-3-1)23-21-17(10-6-14-24-21)20(22-23)19-13-12-15-7-4-5-11-18(15)25-19/h1-9,11-14,19H,10H2. The summed E-state index contributed by atoms with van der Waals surface area (Å²) in [4.78, 5) is 0. The average Bonchev–Trinajstić information content (AvgIpc) is 3.08. The van der Waals surface area contributed by atoms with Crippen LogP contribution < -0.4 is 9.47 Å². The molecule has 0 aliphatic carbocycles. The number of para-hydroxylation sites is 2. The number of hydrogen-bond donors (Lipinski definition) is 0. The SMILES string of the molecule is C1=COc2c(c(C3C=Cc4ccccc4O3)nn2-c2ccccc2)C1. The topological polar surface area (TPSA) is 36.3 Å². The lowest BCUT2D eigenvalue weighted by atomic mass is 10.0. The third-order valence-corrected chi connectivity index (χ3v) is 4.46. The average molecular weight is 328 g/mol. The first-order valence-electron chi connectivity index (χ1n) is 8.33. The molecular formula is C21H16N2O2. The summed E-state index contributed by atoms with van der Waals surface area (Å²) in [5, 5.41) is 4.83. The largest absolute Gasteiger partial charge is 0.479 e. The van der Waals surface area contributed by atoms with Crippen molar-refractivity contribution in [2.75, 3.05) is 0 Å². The maximum atomic E-state index is 6.19. The molecule has 122 valence electrons. The van der Waals surface area contributed by atoms with Crippen LogP contribution >= 0.6 is 0 Å². The van der Waals surface area contributed by atoms with Crippen LogP contribution in [0.4, 0.5) is 0 Å². The molecule has 2 aliphatic rings. The van der Waals surface area contributed by atoms with Crippen molar-refractivity contribution in [2.45, 2.75) is 12.5 Å². The van der Waals surface area contributed by atoms with Gasteiger partial charge in [0.25, 0.3) is 0 Å². The molecule has 0 saturated carbocycles. The molecule has 1 atom stereocenters. The van der Waals surface area contributed by atoms with E-state index in [2.05, 4.69) is 12.2 Å². The Morgan fingerprint density at radius 2 is 1.84 bits per heavy atom. The monoisotopic (exact) mass is 328 g/mol. The summed E-state index contributed by atoms with van der Waals surface area (Å²) in [5.41, 5.74) is 4.03. The van der Waals surface area contributed by atoms with E-state index in [9.17, 15) is 0 Å². The number of benzene rings is 2. The Morgan fingerprint density at radius 1 is 1.00 bits per heavy atom. The van der Waals surface area contributed by atoms with Crippen LogP contribution in [-0.4, -0.2) is 9.78 Å². The zero-order chi connectivity index (χ0) is 16.6. The van der Waals surface area contributed by atoms with Crippen LogP contribution in [0.25, 0.3) is 11.8 Å². The number of allylic oxidation sites excluding steroid dienone is 1. The van der Waals surface area contributed by atoms with Crippen molar-refractivity contribution in [1.82, 2.24) is 9.78 Å². The maximum absolute atomic E-state index is 6.19. The Morgan fingerprint density at radius 3 is 2.76 bits per heavy atom. The zero-order valence-corrected chi connectivity index (χ0v) is 13.5. The van der Waals surface area contributed by atoms with Gasteiger partial charge in [-0.2, -0.15) is 5.10 Å². The highest BCUT2D eigenvalue weighted by Crippen LogP contribution is 2.38. The summed E-state index contributed by atoms with van der Waals surface area (Å²) in [5.74, 6) is 1.64. The van der Waals surface area contributed by atoms with Crippen LogP contribution in [0, 0.1) is 0 Å². The van der Waals surface area contributed by atoms with Gasteiger partial charge in [0.2, 0.25) is 5.88 Å². The normalized spacial score (nSPS) is 17.4. The Labute approximate surface area is 145 Å². The van der Waals surface area contributed by atoms with Crippen LogP contribution in [0.15, 0.2) is 73.0 Å². The molecular weight excluding hydrogens is 312 g/mol. The van der Waals surface area contributed by atoms with Crippen molar-refractivity contribution in [3.8, 4) is 17.3 Å². The minimum Gasteiger partial charge on any atom is -0.479 e. The summed E-state index contributed by atoms with van der Waals surface area (Å²) in [6.45, 7) is 0. The Bertz CT molecular complexity index is 986. The lowest BCUT2D eigenvalue weighted by molar-refractivity contribution is 0.245. The number of ether oxygens (including phenoxy) is 2. The van der Waals surface area contributed by atoms with E-state index in [4.69, 9.17) is 14.6 Å². The highest BCUT2D eigenvalue weighted by Gasteiger charge is 2.28. The molecule has 1 aromatic heterocycles. The van der Waals surface area contributed by atoms with E-state index in [-0.39, 0.29) is 6.10 Å². The molecule has 4 heteroatoms. The highest BCUT2D eigenvalue weighted by molar-refractivity contribution is 5.61. The van der Waals surface area contributed by atoms with Gasteiger partial charge in [0, 0.05) is 17.5 Å². The highest BCUT2D eigenvalue weighted by atomic mass is 16.5. The second kappa shape index (κ2) is 5.67. The fraction of sp³-hybridized carbons (Fsp3) is 0.0952. The number of hydrogen-bond acceptors (Lipinski definition) is 3. The van der Waals surface area contributed by atoms with Crippen molar-refractivity contribution in [2.24, 2.45) is 0 Å². The Hall–Kier alpha value is -3.27. The molecule has 25 heavy (non-hydrogen) atoms. The minimum absolute atomic E-state index is 0.219. The first-order valence-corrected chi connectivity index (χ1v) is 8.33. The van der Waals surface area contributed by atoms with Gasteiger partial charge in [-0.15, -0.1) is 0 Å². The fourth-order valence-corrected chi connectivity index (χ4v) is 3.25. The Balaban J connectivity index is 1.60. The second-order valence-electron chi connectivity index (χ2n) is 6.05. The Kier molecular flexibility index (Phi) is 3.20. The first kappa shape index (κ1) is 14.1. The smallest absolute Gasteiger partial charge is 0.225 e. The molecule has 3 heterocycles. The molecule has 0 saturated heterocycles. The van der Waals surface area contributed by atoms with Crippen LogP contribution in [0.5, 0.6) is 11.6 Å². The van der Waals surface area contributed by atoms with Gasteiger partial charge in [0.1, 0.15) is 11.4 Å². The van der Waals surface area contributed by atoms with E-state index in [1.165, 1.54) is 0 Å². The van der Waals surface area contributed by atoms with E-state index in [0.717, 1.165) is 40.6 Å².